The molecule has 0 fully saturated rings. The molecule has 0 amide bonds. The predicted molar refractivity (Wildman–Crippen MR) is 116 cm³/mol. The Balaban J connectivity index is 1.95. The van der Waals surface area contributed by atoms with E-state index in [4.69, 9.17) is 0 Å². The molecule has 0 saturated carbocycles. The molecule has 0 spiro atoms. The lowest BCUT2D eigenvalue weighted by atomic mass is 10.2. The summed E-state index contributed by atoms with van der Waals surface area (Å²) >= 11 is 1.31. The minimum Gasteiger partial charge on any atom is -0.280 e. The van der Waals surface area contributed by atoms with E-state index in [1.54, 1.807) is 18.5 Å². The number of hydrogen-bond donors (Lipinski definition) is 0. The van der Waals surface area contributed by atoms with E-state index < -0.39 is 16.2 Å². The second kappa shape index (κ2) is 8.11. The van der Waals surface area contributed by atoms with E-state index in [1.165, 1.54) is 48.6 Å². The van der Waals surface area contributed by atoms with Gasteiger partial charge in [0.1, 0.15) is 10.4 Å². The molecule has 31 heavy (non-hydrogen) atoms. The maximum atomic E-state index is 12.9. The largest absolute Gasteiger partial charge is 0.332 e. The normalized spacial score (nSPS) is 11.0. The predicted octanol–water partition coefficient (Wildman–Crippen LogP) is 2.29. The highest BCUT2D eigenvalue weighted by atomic mass is 32.2. The molecule has 4 rings (SSSR count). The van der Waals surface area contributed by atoms with Crippen LogP contribution in [0.4, 0.5) is 5.69 Å². The summed E-state index contributed by atoms with van der Waals surface area (Å²) in [7, 11) is 2.91. The Morgan fingerprint density at radius 1 is 1.10 bits per heavy atom. The summed E-state index contributed by atoms with van der Waals surface area (Å²) < 4.78 is 2.28. The molecule has 156 valence electrons. The van der Waals surface area contributed by atoms with Crippen molar-refractivity contribution in [3.05, 3.63) is 85.3 Å². The highest BCUT2D eigenvalue weighted by Gasteiger charge is 2.19. The van der Waals surface area contributed by atoms with Gasteiger partial charge < -0.3 is 0 Å². The van der Waals surface area contributed by atoms with Gasteiger partial charge in [-0.25, -0.2) is 14.8 Å². The number of hydrogen-bond acceptors (Lipinski definition) is 8. The molecule has 0 N–H and O–H groups in total. The second-order valence-electron chi connectivity index (χ2n) is 6.71. The van der Waals surface area contributed by atoms with Crippen LogP contribution >= 0.6 is 11.8 Å². The van der Waals surface area contributed by atoms with Crippen molar-refractivity contribution in [2.75, 3.05) is 0 Å². The number of nitro benzene ring substituents is 1. The number of nitro groups is 1. The number of aryl methyl sites for hydroxylation is 1. The van der Waals surface area contributed by atoms with Crippen molar-refractivity contribution < 1.29 is 4.92 Å². The van der Waals surface area contributed by atoms with Crippen LogP contribution in [0, 0.1) is 10.1 Å². The average molecular weight is 436 g/mol. The molecule has 1 aromatic carbocycles. The Bertz CT molecular complexity index is 1430. The number of pyridine rings is 1. The topological polar surface area (TPSA) is 126 Å². The SMILES string of the molecule is Cn1c(=O)c2c(SCc3cccnc3)nc(-c3cccc([N+](=O)[O-])c3)nc2n(C)c1=O. The fourth-order valence-corrected chi connectivity index (χ4v) is 4.00. The summed E-state index contributed by atoms with van der Waals surface area (Å²) in [5.41, 5.74) is 0.369. The molecule has 0 aliphatic carbocycles. The van der Waals surface area contributed by atoms with Crippen molar-refractivity contribution in [1.82, 2.24) is 24.1 Å². The highest BCUT2D eigenvalue weighted by Crippen LogP contribution is 2.29. The monoisotopic (exact) mass is 436 g/mol. The van der Waals surface area contributed by atoms with Crippen LogP contribution in [0.1, 0.15) is 5.56 Å². The highest BCUT2D eigenvalue weighted by molar-refractivity contribution is 7.98. The van der Waals surface area contributed by atoms with Crippen molar-refractivity contribution in [3.63, 3.8) is 0 Å². The van der Waals surface area contributed by atoms with Crippen LogP contribution in [0.5, 0.6) is 0 Å². The van der Waals surface area contributed by atoms with Crippen molar-refractivity contribution in [1.29, 1.82) is 0 Å². The fourth-order valence-electron chi connectivity index (χ4n) is 3.06. The van der Waals surface area contributed by atoms with Gasteiger partial charge in [-0.3, -0.25) is 29.0 Å². The zero-order valence-electron chi connectivity index (χ0n) is 16.6. The third-order valence-electron chi connectivity index (χ3n) is 4.68. The number of nitrogens with zero attached hydrogens (tertiary/aromatic N) is 6. The number of rotatable bonds is 5. The Morgan fingerprint density at radius 2 is 1.90 bits per heavy atom. The molecule has 0 radical (unpaired) electrons. The quantitative estimate of drug-likeness (QED) is 0.202. The van der Waals surface area contributed by atoms with Crippen molar-refractivity contribution >= 4 is 28.5 Å². The van der Waals surface area contributed by atoms with E-state index in [9.17, 15) is 19.7 Å². The number of fused-ring (bicyclic) bond motifs is 1. The Morgan fingerprint density at radius 3 is 2.61 bits per heavy atom. The molecule has 4 aromatic rings. The van der Waals surface area contributed by atoms with E-state index in [2.05, 4.69) is 15.0 Å². The minimum atomic E-state index is -0.524. The molecule has 0 aliphatic rings. The van der Waals surface area contributed by atoms with Gasteiger partial charge in [0.2, 0.25) is 0 Å². The van der Waals surface area contributed by atoms with E-state index >= 15 is 0 Å². The first-order valence-electron chi connectivity index (χ1n) is 9.11. The maximum Gasteiger partial charge on any atom is 0.332 e. The van der Waals surface area contributed by atoms with Crippen LogP contribution in [-0.4, -0.2) is 29.0 Å². The van der Waals surface area contributed by atoms with Crippen molar-refractivity contribution in [2.45, 2.75) is 10.8 Å². The Kier molecular flexibility index (Phi) is 5.34. The molecule has 0 aliphatic heterocycles. The Hall–Kier alpha value is -3.86. The third-order valence-corrected chi connectivity index (χ3v) is 5.73. The number of benzene rings is 1. The number of thioether (sulfide) groups is 1. The van der Waals surface area contributed by atoms with Gasteiger partial charge in [0, 0.05) is 49.9 Å². The maximum absolute atomic E-state index is 12.9. The molecule has 0 unspecified atom stereocenters. The summed E-state index contributed by atoms with van der Waals surface area (Å²) in [6.45, 7) is 0. The zero-order chi connectivity index (χ0) is 22.1. The van der Waals surface area contributed by atoms with Crippen LogP contribution in [-0.2, 0) is 19.8 Å². The molecule has 3 aromatic heterocycles. The zero-order valence-corrected chi connectivity index (χ0v) is 17.4. The molecule has 10 nitrogen and oxygen atoms in total. The summed E-state index contributed by atoms with van der Waals surface area (Å²) in [5.74, 6) is 0.675. The lowest BCUT2D eigenvalue weighted by molar-refractivity contribution is -0.384. The van der Waals surface area contributed by atoms with Crippen molar-refractivity contribution in [3.8, 4) is 11.4 Å². The number of aromatic nitrogens is 5. The molecule has 0 bridgehead atoms. The first-order chi connectivity index (χ1) is 14.9. The van der Waals surface area contributed by atoms with E-state index in [1.807, 2.05) is 12.1 Å². The lowest BCUT2D eigenvalue weighted by Gasteiger charge is -2.12. The molecule has 0 saturated heterocycles. The average Bonchev–Trinajstić information content (AvgIpc) is 2.80. The first-order valence-corrected chi connectivity index (χ1v) is 10.1. The Labute approximate surface area is 179 Å². The van der Waals surface area contributed by atoms with Gasteiger partial charge >= 0.3 is 5.69 Å². The molecular formula is C20H16N6O4S. The van der Waals surface area contributed by atoms with Crippen LogP contribution in [0.15, 0.2) is 63.4 Å². The summed E-state index contributed by atoms with van der Waals surface area (Å²) in [5, 5.41) is 11.8. The molecule has 0 atom stereocenters. The van der Waals surface area contributed by atoms with Crippen LogP contribution < -0.4 is 11.2 Å². The van der Waals surface area contributed by atoms with Crippen molar-refractivity contribution in [2.24, 2.45) is 14.1 Å². The van der Waals surface area contributed by atoms with Gasteiger partial charge in [-0.1, -0.05) is 18.2 Å². The van der Waals surface area contributed by atoms with Gasteiger partial charge in [0.15, 0.2) is 11.5 Å². The van der Waals surface area contributed by atoms with Gasteiger partial charge in [0.25, 0.3) is 11.2 Å². The van der Waals surface area contributed by atoms with Gasteiger partial charge in [0.05, 0.1) is 4.92 Å². The van der Waals surface area contributed by atoms with Crippen LogP contribution in [0.2, 0.25) is 0 Å². The van der Waals surface area contributed by atoms with E-state index in [0.29, 0.717) is 16.3 Å². The standard InChI is InChI=1S/C20H16N6O4S/c1-24-17-15(19(27)25(2)20(24)28)18(31-11-12-5-4-8-21-10-12)23-16(22-17)13-6-3-7-14(9-13)26(29)30/h3-10H,11H2,1-2H3. The molecule has 11 heteroatoms. The van der Waals surface area contributed by atoms with E-state index in [0.717, 1.165) is 10.1 Å². The summed E-state index contributed by atoms with van der Waals surface area (Å²) in [6.07, 6.45) is 3.38. The van der Waals surface area contributed by atoms with E-state index in [-0.39, 0.29) is 22.5 Å². The summed E-state index contributed by atoms with van der Waals surface area (Å²) in [4.78, 5) is 49.0. The second-order valence-corrected chi connectivity index (χ2v) is 7.68. The number of non-ortho nitro benzene ring substituents is 1. The fraction of sp³-hybridized carbons (Fsp3) is 0.150. The molecular weight excluding hydrogens is 420 g/mol. The lowest BCUT2D eigenvalue weighted by Crippen LogP contribution is -2.37. The first kappa shape index (κ1) is 20.4. The van der Waals surface area contributed by atoms with Crippen LogP contribution in [0.25, 0.3) is 22.4 Å². The van der Waals surface area contributed by atoms with Gasteiger partial charge in [-0.2, -0.15) is 0 Å². The summed E-state index contributed by atoms with van der Waals surface area (Å²) in [6, 6.07) is 9.61. The van der Waals surface area contributed by atoms with Gasteiger partial charge in [-0.05, 0) is 11.6 Å². The third kappa shape index (κ3) is 3.82. The smallest absolute Gasteiger partial charge is 0.280 e. The minimum absolute atomic E-state index is 0.108. The van der Waals surface area contributed by atoms with Gasteiger partial charge in [-0.15, -0.1) is 11.8 Å². The van der Waals surface area contributed by atoms with Crippen LogP contribution in [0.3, 0.4) is 0 Å². The molecule has 3 heterocycles.